The minimum Gasteiger partial charge on any atom is -0.372 e. The SMILES string of the molecule is C=C1CN2C(=O)C[C@H]2SC1C(=O)ON. The summed E-state index contributed by atoms with van der Waals surface area (Å²) in [5.41, 5.74) is 0.676. The van der Waals surface area contributed by atoms with Crippen molar-refractivity contribution in [1.82, 2.24) is 4.90 Å². The highest BCUT2D eigenvalue weighted by Crippen LogP contribution is 2.40. The van der Waals surface area contributed by atoms with Crippen molar-refractivity contribution in [2.45, 2.75) is 17.0 Å². The molecule has 2 aliphatic heterocycles. The van der Waals surface area contributed by atoms with Gasteiger partial charge in [-0.3, -0.25) is 4.79 Å². The van der Waals surface area contributed by atoms with E-state index in [0.29, 0.717) is 18.5 Å². The molecule has 1 amide bonds. The van der Waals surface area contributed by atoms with E-state index in [1.165, 1.54) is 11.8 Å². The Morgan fingerprint density at radius 3 is 3.00 bits per heavy atom. The number of nitrogens with zero attached hydrogens (tertiary/aromatic N) is 1. The lowest BCUT2D eigenvalue weighted by Crippen LogP contribution is -2.56. The van der Waals surface area contributed by atoms with Crippen LogP contribution in [0.1, 0.15) is 6.42 Å². The summed E-state index contributed by atoms with van der Waals surface area (Å²) >= 11 is 1.38. The van der Waals surface area contributed by atoms with E-state index in [0.717, 1.165) is 0 Å². The molecular formula is C8H10N2O3S. The first-order chi connectivity index (χ1) is 6.63. The quantitative estimate of drug-likeness (QED) is 0.366. The zero-order chi connectivity index (χ0) is 10.3. The topological polar surface area (TPSA) is 72.6 Å². The van der Waals surface area contributed by atoms with Crippen LogP contribution in [0.25, 0.3) is 0 Å². The van der Waals surface area contributed by atoms with Gasteiger partial charge in [-0.1, -0.05) is 6.58 Å². The number of thioether (sulfide) groups is 1. The van der Waals surface area contributed by atoms with Gasteiger partial charge in [0.15, 0.2) is 0 Å². The monoisotopic (exact) mass is 214 g/mol. The summed E-state index contributed by atoms with van der Waals surface area (Å²) in [5, 5.41) is -0.327. The smallest absolute Gasteiger partial charge is 0.341 e. The number of fused-ring (bicyclic) bond motifs is 1. The summed E-state index contributed by atoms with van der Waals surface area (Å²) in [5.74, 6) is 4.43. The Labute approximate surface area is 85.2 Å². The molecule has 14 heavy (non-hydrogen) atoms. The molecule has 2 heterocycles. The van der Waals surface area contributed by atoms with Crippen molar-refractivity contribution in [2.75, 3.05) is 6.54 Å². The molecule has 6 heteroatoms. The van der Waals surface area contributed by atoms with Gasteiger partial charge in [-0.15, -0.1) is 11.8 Å². The molecular weight excluding hydrogens is 204 g/mol. The lowest BCUT2D eigenvalue weighted by molar-refractivity contribution is -0.145. The Kier molecular flexibility index (Phi) is 2.24. The third-order valence-corrected chi connectivity index (χ3v) is 3.92. The number of hydrogen-bond donors (Lipinski definition) is 1. The van der Waals surface area contributed by atoms with Gasteiger partial charge in [0.25, 0.3) is 0 Å². The zero-order valence-corrected chi connectivity index (χ0v) is 8.25. The molecule has 0 bridgehead atoms. The van der Waals surface area contributed by atoms with Crippen LogP contribution in [0.4, 0.5) is 0 Å². The summed E-state index contributed by atoms with van der Waals surface area (Å²) in [6.07, 6.45) is 0.492. The van der Waals surface area contributed by atoms with E-state index in [1.807, 2.05) is 0 Å². The van der Waals surface area contributed by atoms with E-state index in [-0.39, 0.29) is 11.3 Å². The van der Waals surface area contributed by atoms with Crippen LogP contribution < -0.4 is 5.90 Å². The second-order valence-corrected chi connectivity index (χ2v) is 4.58. The fourth-order valence-corrected chi connectivity index (χ4v) is 2.90. The summed E-state index contributed by atoms with van der Waals surface area (Å²) in [4.78, 5) is 28.2. The van der Waals surface area contributed by atoms with Gasteiger partial charge >= 0.3 is 5.97 Å². The third kappa shape index (κ3) is 1.31. The van der Waals surface area contributed by atoms with Gasteiger partial charge in [0.1, 0.15) is 5.25 Å². The first kappa shape index (κ1) is 9.54. The number of rotatable bonds is 1. The number of carbonyl (C=O) groups is 2. The molecule has 5 nitrogen and oxygen atoms in total. The molecule has 0 radical (unpaired) electrons. The first-order valence-electron chi connectivity index (χ1n) is 4.16. The third-order valence-electron chi connectivity index (χ3n) is 2.38. The van der Waals surface area contributed by atoms with Gasteiger partial charge in [-0.05, 0) is 5.57 Å². The van der Waals surface area contributed by atoms with Crippen LogP contribution in [0.5, 0.6) is 0 Å². The first-order valence-corrected chi connectivity index (χ1v) is 5.11. The largest absolute Gasteiger partial charge is 0.372 e. The van der Waals surface area contributed by atoms with Crippen molar-refractivity contribution in [3.05, 3.63) is 12.2 Å². The van der Waals surface area contributed by atoms with Crippen molar-refractivity contribution in [1.29, 1.82) is 0 Å². The molecule has 2 N–H and O–H groups in total. The minimum absolute atomic E-state index is 0.0945. The zero-order valence-electron chi connectivity index (χ0n) is 7.43. The Balaban J connectivity index is 2.07. The van der Waals surface area contributed by atoms with Crippen molar-refractivity contribution in [3.63, 3.8) is 0 Å². The van der Waals surface area contributed by atoms with Crippen LogP contribution in [-0.4, -0.2) is 33.9 Å². The van der Waals surface area contributed by atoms with E-state index in [4.69, 9.17) is 5.90 Å². The molecule has 76 valence electrons. The molecule has 2 aliphatic rings. The van der Waals surface area contributed by atoms with Crippen molar-refractivity contribution < 1.29 is 14.4 Å². The molecule has 0 aliphatic carbocycles. The van der Waals surface area contributed by atoms with Crippen LogP contribution in [-0.2, 0) is 14.4 Å². The van der Waals surface area contributed by atoms with Crippen LogP contribution in [0.2, 0.25) is 0 Å². The molecule has 0 saturated carbocycles. The number of β-lactam (4-membered cyclic amide) rings is 1. The molecule has 0 aromatic heterocycles. The maximum absolute atomic E-state index is 11.2. The Hall–Kier alpha value is -1.01. The van der Waals surface area contributed by atoms with E-state index in [1.54, 1.807) is 4.90 Å². The lowest BCUT2D eigenvalue weighted by Gasteiger charge is -2.45. The minimum atomic E-state index is -0.487. The fourth-order valence-electron chi connectivity index (χ4n) is 1.58. The Morgan fingerprint density at radius 2 is 2.43 bits per heavy atom. The summed E-state index contributed by atoms with van der Waals surface area (Å²) in [7, 11) is 0. The second-order valence-electron chi connectivity index (χ2n) is 3.29. The van der Waals surface area contributed by atoms with Crippen LogP contribution >= 0.6 is 11.8 Å². The normalized spacial score (nSPS) is 30.8. The second kappa shape index (κ2) is 3.29. The Morgan fingerprint density at radius 1 is 1.71 bits per heavy atom. The number of carbonyl (C=O) groups excluding carboxylic acids is 2. The molecule has 2 atom stereocenters. The summed E-state index contributed by atoms with van der Waals surface area (Å²) < 4.78 is 0. The average Bonchev–Trinajstić information content (AvgIpc) is 2.18. The van der Waals surface area contributed by atoms with Crippen molar-refractivity contribution in [2.24, 2.45) is 5.90 Å². The molecule has 1 unspecified atom stereocenters. The number of nitrogens with two attached hydrogens (primary N) is 1. The standard InChI is InChI=1S/C8H10N2O3S/c1-4-3-10-5(11)2-6(10)14-7(4)8(12)13-9/h6-7H,1-3,9H2/t6-,7?/m1/s1. The highest BCUT2D eigenvalue weighted by molar-refractivity contribution is 8.01. The van der Waals surface area contributed by atoms with Gasteiger partial charge in [0, 0.05) is 6.54 Å². The average molecular weight is 214 g/mol. The fraction of sp³-hybridized carbons (Fsp3) is 0.500. The Bertz CT molecular complexity index is 318. The van der Waals surface area contributed by atoms with Crippen molar-refractivity contribution >= 4 is 23.6 Å². The van der Waals surface area contributed by atoms with Crippen LogP contribution in [0, 0.1) is 0 Å². The number of amides is 1. The van der Waals surface area contributed by atoms with Crippen LogP contribution in [0.3, 0.4) is 0 Å². The predicted octanol–water partition coefficient (Wildman–Crippen LogP) is -0.367. The van der Waals surface area contributed by atoms with Gasteiger partial charge in [0.05, 0.1) is 11.8 Å². The van der Waals surface area contributed by atoms with E-state index in [9.17, 15) is 9.59 Å². The molecule has 2 rings (SSSR count). The van der Waals surface area contributed by atoms with E-state index >= 15 is 0 Å². The van der Waals surface area contributed by atoms with Crippen LogP contribution in [0.15, 0.2) is 12.2 Å². The van der Waals surface area contributed by atoms with Gasteiger partial charge in [0.2, 0.25) is 5.91 Å². The molecule has 2 saturated heterocycles. The van der Waals surface area contributed by atoms with Gasteiger partial charge < -0.3 is 9.74 Å². The summed E-state index contributed by atoms with van der Waals surface area (Å²) in [6, 6.07) is 0. The molecule has 2 fully saturated rings. The molecule has 0 aromatic rings. The maximum atomic E-state index is 11.2. The summed E-state index contributed by atoms with van der Waals surface area (Å²) in [6.45, 7) is 4.19. The predicted molar refractivity (Wildman–Crippen MR) is 50.9 cm³/mol. The van der Waals surface area contributed by atoms with Gasteiger partial charge in [-0.25, -0.2) is 4.79 Å². The highest BCUT2D eigenvalue weighted by Gasteiger charge is 2.45. The van der Waals surface area contributed by atoms with Crippen molar-refractivity contribution in [3.8, 4) is 0 Å². The van der Waals surface area contributed by atoms with E-state index < -0.39 is 11.2 Å². The highest BCUT2D eigenvalue weighted by atomic mass is 32.2. The van der Waals surface area contributed by atoms with E-state index in [2.05, 4.69) is 11.4 Å². The maximum Gasteiger partial charge on any atom is 0.341 e. The van der Waals surface area contributed by atoms with Gasteiger partial charge in [-0.2, -0.15) is 5.90 Å². The lowest BCUT2D eigenvalue weighted by atomic mass is 10.1. The molecule has 0 aromatic carbocycles. The molecule has 0 spiro atoms. The number of hydrogen-bond acceptors (Lipinski definition) is 5.